The van der Waals surface area contributed by atoms with Gasteiger partial charge in [0.15, 0.2) is 23.4 Å². The van der Waals surface area contributed by atoms with Crippen LogP contribution in [-0.4, -0.2) is 27.5 Å². The molecule has 0 saturated carbocycles. The van der Waals surface area contributed by atoms with Crippen LogP contribution in [0.3, 0.4) is 0 Å². The summed E-state index contributed by atoms with van der Waals surface area (Å²) >= 11 is 0. The molecule has 6 rings (SSSR count). The predicted octanol–water partition coefficient (Wildman–Crippen LogP) is 4.66. The summed E-state index contributed by atoms with van der Waals surface area (Å²) in [5.74, 6) is 3.71. The van der Waals surface area contributed by atoms with Crippen molar-refractivity contribution >= 4 is 11.7 Å². The van der Waals surface area contributed by atoms with E-state index in [1.54, 1.807) is 18.3 Å². The first-order chi connectivity index (χ1) is 16.2. The van der Waals surface area contributed by atoms with E-state index in [4.69, 9.17) is 14.2 Å². The Morgan fingerprint density at radius 1 is 1.03 bits per heavy atom. The van der Waals surface area contributed by atoms with Gasteiger partial charge in [-0.1, -0.05) is 30.3 Å². The Labute approximate surface area is 189 Å². The molecular weight excluding hydrogens is 420 g/mol. The highest BCUT2D eigenvalue weighted by molar-refractivity contribution is 5.93. The minimum Gasteiger partial charge on any atom is -0.485 e. The van der Waals surface area contributed by atoms with Gasteiger partial charge in [-0.25, -0.2) is 9.97 Å². The van der Waals surface area contributed by atoms with E-state index in [1.165, 1.54) is 0 Å². The monoisotopic (exact) mass is 440 g/mol. The molecule has 4 heterocycles. The molecule has 0 unspecified atom stereocenters. The molecule has 0 spiro atoms. The lowest BCUT2D eigenvalue weighted by Gasteiger charge is -2.26. The van der Waals surface area contributed by atoms with Crippen molar-refractivity contribution in [3.05, 3.63) is 78.4 Å². The molecule has 33 heavy (non-hydrogen) atoms. The number of amides is 1. The largest absolute Gasteiger partial charge is 0.485 e. The number of carbonyl (C=O) groups is 1. The van der Waals surface area contributed by atoms with E-state index < -0.39 is 0 Å². The fraction of sp³-hybridized carbons (Fsp3) is 0.160. The van der Waals surface area contributed by atoms with Crippen LogP contribution in [0, 0.1) is 0 Å². The van der Waals surface area contributed by atoms with Crippen molar-refractivity contribution in [2.24, 2.45) is 0 Å². The SMILES string of the molecule is O=C1CCc2c(Oc3ccc4c(c3)O[C@@H](c3nc(-c5ccccc5)c[nH]3)CO4)ccnc2N1. The van der Waals surface area contributed by atoms with Crippen LogP contribution in [0.4, 0.5) is 5.82 Å². The lowest BCUT2D eigenvalue weighted by molar-refractivity contribution is -0.116. The number of imidazole rings is 1. The quantitative estimate of drug-likeness (QED) is 0.479. The number of nitrogens with zero attached hydrogens (tertiary/aromatic N) is 2. The highest BCUT2D eigenvalue weighted by atomic mass is 16.6. The van der Waals surface area contributed by atoms with Crippen LogP contribution in [0.2, 0.25) is 0 Å². The number of hydrogen-bond donors (Lipinski definition) is 2. The second kappa shape index (κ2) is 7.98. The van der Waals surface area contributed by atoms with Gasteiger partial charge < -0.3 is 24.5 Å². The maximum atomic E-state index is 11.7. The second-order valence-electron chi connectivity index (χ2n) is 7.85. The van der Waals surface area contributed by atoms with E-state index in [1.807, 2.05) is 48.7 Å². The molecule has 0 fully saturated rings. The minimum atomic E-state index is -0.367. The van der Waals surface area contributed by atoms with E-state index in [9.17, 15) is 4.79 Å². The van der Waals surface area contributed by atoms with E-state index in [0.29, 0.717) is 54.1 Å². The maximum absolute atomic E-state index is 11.7. The summed E-state index contributed by atoms with van der Waals surface area (Å²) in [6.07, 6.45) is 4.11. The molecule has 4 aromatic rings. The number of benzene rings is 2. The van der Waals surface area contributed by atoms with Crippen LogP contribution in [0.1, 0.15) is 23.9 Å². The third-order valence-electron chi connectivity index (χ3n) is 5.65. The summed E-state index contributed by atoms with van der Waals surface area (Å²) in [7, 11) is 0. The molecule has 0 saturated heterocycles. The van der Waals surface area contributed by atoms with E-state index in [0.717, 1.165) is 16.8 Å². The van der Waals surface area contributed by atoms with Crippen LogP contribution in [-0.2, 0) is 11.2 Å². The van der Waals surface area contributed by atoms with Gasteiger partial charge in [0.05, 0.1) is 5.69 Å². The third-order valence-corrected chi connectivity index (χ3v) is 5.65. The van der Waals surface area contributed by atoms with Gasteiger partial charge in [0.25, 0.3) is 0 Å². The van der Waals surface area contributed by atoms with Crippen LogP contribution in [0.15, 0.2) is 67.0 Å². The van der Waals surface area contributed by atoms with E-state index >= 15 is 0 Å². The number of carbonyl (C=O) groups excluding carboxylic acids is 1. The summed E-state index contributed by atoms with van der Waals surface area (Å²) < 4.78 is 18.2. The van der Waals surface area contributed by atoms with E-state index in [-0.39, 0.29) is 12.0 Å². The summed E-state index contributed by atoms with van der Waals surface area (Å²) in [5, 5.41) is 2.79. The Morgan fingerprint density at radius 2 is 1.94 bits per heavy atom. The average Bonchev–Trinajstić information content (AvgIpc) is 3.35. The Balaban J connectivity index is 1.23. The van der Waals surface area contributed by atoms with Gasteiger partial charge in [-0.15, -0.1) is 0 Å². The minimum absolute atomic E-state index is 0.0362. The molecule has 8 nitrogen and oxygen atoms in total. The number of rotatable bonds is 4. The van der Waals surface area contributed by atoms with Crippen molar-refractivity contribution in [2.45, 2.75) is 18.9 Å². The molecule has 2 aliphatic rings. The summed E-state index contributed by atoms with van der Waals surface area (Å²) in [4.78, 5) is 23.8. The molecule has 1 amide bonds. The number of hydrogen-bond acceptors (Lipinski definition) is 6. The first-order valence-corrected chi connectivity index (χ1v) is 10.7. The van der Waals surface area contributed by atoms with Gasteiger partial charge in [0.2, 0.25) is 5.91 Å². The van der Waals surface area contributed by atoms with Gasteiger partial charge in [-0.3, -0.25) is 4.79 Å². The Bertz CT molecular complexity index is 1340. The fourth-order valence-electron chi connectivity index (χ4n) is 3.99. The van der Waals surface area contributed by atoms with Crippen LogP contribution < -0.4 is 19.5 Å². The molecule has 2 aromatic heterocycles. The number of aromatic amines is 1. The molecule has 8 heteroatoms. The van der Waals surface area contributed by atoms with Gasteiger partial charge in [-0.2, -0.15) is 0 Å². The normalized spacial score (nSPS) is 16.6. The number of nitrogens with one attached hydrogen (secondary N) is 2. The van der Waals surface area contributed by atoms with Crippen molar-refractivity contribution < 1.29 is 19.0 Å². The molecule has 0 radical (unpaired) electrons. The van der Waals surface area contributed by atoms with E-state index in [2.05, 4.69) is 20.3 Å². The van der Waals surface area contributed by atoms with Crippen molar-refractivity contribution in [3.8, 4) is 34.3 Å². The number of pyridine rings is 1. The lowest BCUT2D eigenvalue weighted by atomic mass is 10.1. The predicted molar refractivity (Wildman–Crippen MR) is 121 cm³/mol. The van der Waals surface area contributed by atoms with Gasteiger partial charge >= 0.3 is 0 Å². The molecule has 2 N–H and O–H groups in total. The maximum Gasteiger partial charge on any atom is 0.225 e. The Hall–Kier alpha value is -4.33. The topological polar surface area (TPSA) is 98.4 Å². The summed E-state index contributed by atoms with van der Waals surface area (Å²) in [5.41, 5.74) is 2.77. The smallest absolute Gasteiger partial charge is 0.225 e. The second-order valence-corrected chi connectivity index (χ2v) is 7.85. The third kappa shape index (κ3) is 3.76. The van der Waals surface area contributed by atoms with Crippen molar-refractivity contribution in [3.63, 3.8) is 0 Å². The lowest BCUT2D eigenvalue weighted by Crippen LogP contribution is -2.22. The summed E-state index contributed by atoms with van der Waals surface area (Å²) in [6.45, 7) is 0.354. The first-order valence-electron chi connectivity index (χ1n) is 10.7. The first kappa shape index (κ1) is 19.4. The molecule has 0 bridgehead atoms. The number of H-pyrrole nitrogens is 1. The molecule has 164 valence electrons. The Kier molecular flexibility index (Phi) is 4.68. The fourth-order valence-corrected chi connectivity index (χ4v) is 3.99. The van der Waals surface area contributed by atoms with Gasteiger partial charge in [0.1, 0.15) is 23.9 Å². The molecule has 2 aromatic carbocycles. The molecule has 1 atom stereocenters. The average molecular weight is 440 g/mol. The zero-order valence-electron chi connectivity index (χ0n) is 17.6. The standard InChI is InChI=1S/C25H20N4O4/c30-23-9-7-17-19(10-11-26-24(17)29-23)32-16-6-8-20-21(12-16)33-22(14-31-20)25-27-13-18(28-25)15-4-2-1-3-5-15/h1-6,8,10-13,22H,7,9,14H2,(H,27,28)(H,26,29,30)/t22-/m1/s1. The summed E-state index contributed by atoms with van der Waals surface area (Å²) in [6, 6.07) is 17.2. The highest BCUT2D eigenvalue weighted by Crippen LogP contribution is 2.40. The van der Waals surface area contributed by atoms with Crippen molar-refractivity contribution in [1.29, 1.82) is 0 Å². The number of fused-ring (bicyclic) bond motifs is 2. The molecule has 0 aliphatic carbocycles. The molecule has 2 aliphatic heterocycles. The van der Waals surface area contributed by atoms with Crippen LogP contribution in [0.5, 0.6) is 23.0 Å². The number of aromatic nitrogens is 3. The van der Waals surface area contributed by atoms with Crippen LogP contribution in [0.25, 0.3) is 11.3 Å². The molecular formula is C25H20N4O4. The number of anilines is 1. The van der Waals surface area contributed by atoms with Crippen molar-refractivity contribution in [2.75, 3.05) is 11.9 Å². The van der Waals surface area contributed by atoms with Crippen LogP contribution >= 0.6 is 0 Å². The van der Waals surface area contributed by atoms with Gasteiger partial charge in [0, 0.05) is 36.0 Å². The zero-order chi connectivity index (χ0) is 22.2. The Morgan fingerprint density at radius 3 is 2.85 bits per heavy atom. The number of ether oxygens (including phenoxy) is 3. The van der Waals surface area contributed by atoms with Gasteiger partial charge in [-0.05, 0) is 24.6 Å². The highest BCUT2D eigenvalue weighted by Gasteiger charge is 2.26. The zero-order valence-corrected chi connectivity index (χ0v) is 17.6. The van der Waals surface area contributed by atoms with Crippen molar-refractivity contribution in [1.82, 2.24) is 15.0 Å².